The van der Waals surface area contributed by atoms with Crippen molar-refractivity contribution in [3.8, 4) is 0 Å². The zero-order chi connectivity index (χ0) is 21.4. The molecule has 0 spiro atoms. The van der Waals surface area contributed by atoms with Crippen LogP contribution in [0.3, 0.4) is 0 Å². The van der Waals surface area contributed by atoms with Gasteiger partial charge < -0.3 is 0 Å². The third-order valence-electron chi connectivity index (χ3n) is 4.85. The molecule has 0 bridgehead atoms. The minimum absolute atomic E-state index is 0.115. The molecule has 3 aromatic heterocycles. The second-order valence-corrected chi connectivity index (χ2v) is 9.34. The summed E-state index contributed by atoms with van der Waals surface area (Å²) >= 11 is 8.83. The molecule has 0 aliphatic carbocycles. The lowest BCUT2D eigenvalue weighted by Gasteiger charge is -2.12. The van der Waals surface area contributed by atoms with Crippen LogP contribution < -0.4 is 5.56 Å². The largest absolute Gasteiger partial charge is 0.282 e. The first-order valence-electron chi connectivity index (χ1n) is 9.48. The van der Waals surface area contributed by atoms with Crippen LogP contribution in [-0.2, 0) is 12.3 Å². The number of nitrogens with zero attached hydrogens (tertiary/aromatic N) is 3. The summed E-state index contributed by atoms with van der Waals surface area (Å²) in [5, 5.41) is 2.17. The number of thiophene rings is 1. The molecular weight excluding hydrogens is 453 g/mol. The number of thioether (sulfide) groups is 1. The number of fused-ring (bicyclic) bond motifs is 3. The second kappa shape index (κ2) is 8.42. The third kappa shape index (κ3) is 4.08. The number of hydrogen-bond acceptors (Lipinski definition) is 5. The molecular formula is C23H15ClFN3OS2. The molecule has 0 radical (unpaired) electrons. The van der Waals surface area contributed by atoms with E-state index in [0.29, 0.717) is 32.7 Å². The van der Waals surface area contributed by atoms with Gasteiger partial charge in [-0.05, 0) is 47.5 Å². The van der Waals surface area contributed by atoms with Crippen LogP contribution in [0.5, 0.6) is 0 Å². The molecule has 5 aromatic rings. The SMILES string of the molecule is O=c1c2sc3ncccc3c2nc(SCc2ccc(Cl)cc2)n1Cc1ccc(F)cc1. The average Bonchev–Trinajstić information content (AvgIpc) is 3.16. The molecule has 4 nitrogen and oxygen atoms in total. The van der Waals surface area contributed by atoms with E-state index in [-0.39, 0.29) is 11.4 Å². The van der Waals surface area contributed by atoms with E-state index in [1.807, 2.05) is 36.4 Å². The highest BCUT2D eigenvalue weighted by Crippen LogP contribution is 2.31. The minimum atomic E-state index is -0.308. The van der Waals surface area contributed by atoms with E-state index in [4.69, 9.17) is 16.6 Å². The topological polar surface area (TPSA) is 47.8 Å². The Morgan fingerprint density at radius 2 is 1.77 bits per heavy atom. The molecule has 31 heavy (non-hydrogen) atoms. The summed E-state index contributed by atoms with van der Waals surface area (Å²) in [7, 11) is 0. The molecule has 0 saturated heterocycles. The Hall–Kier alpha value is -2.74. The molecule has 8 heteroatoms. The number of pyridine rings is 1. The van der Waals surface area contributed by atoms with Crippen LogP contribution in [0.4, 0.5) is 4.39 Å². The lowest BCUT2D eigenvalue weighted by Crippen LogP contribution is -2.23. The van der Waals surface area contributed by atoms with Gasteiger partial charge in [0.05, 0.1) is 12.1 Å². The number of benzene rings is 2. The van der Waals surface area contributed by atoms with E-state index in [2.05, 4.69) is 4.98 Å². The quantitative estimate of drug-likeness (QED) is 0.230. The maximum Gasteiger partial charge on any atom is 0.272 e. The van der Waals surface area contributed by atoms with Crippen molar-refractivity contribution >= 4 is 55.1 Å². The first-order valence-corrected chi connectivity index (χ1v) is 11.7. The van der Waals surface area contributed by atoms with E-state index >= 15 is 0 Å². The zero-order valence-electron chi connectivity index (χ0n) is 16.1. The fourth-order valence-electron chi connectivity index (χ4n) is 3.29. The summed E-state index contributed by atoms with van der Waals surface area (Å²) in [6.45, 7) is 0.312. The Labute approximate surface area is 190 Å². The summed E-state index contributed by atoms with van der Waals surface area (Å²) in [5.41, 5.74) is 2.47. The Kier molecular flexibility index (Phi) is 5.48. The van der Waals surface area contributed by atoms with E-state index in [9.17, 15) is 9.18 Å². The van der Waals surface area contributed by atoms with Gasteiger partial charge in [-0.3, -0.25) is 9.36 Å². The summed E-state index contributed by atoms with van der Waals surface area (Å²) in [4.78, 5) is 23.5. The molecule has 5 rings (SSSR count). The Balaban J connectivity index is 1.62. The normalized spacial score (nSPS) is 11.4. The molecule has 0 amide bonds. The summed E-state index contributed by atoms with van der Waals surface area (Å²) in [6.07, 6.45) is 1.71. The standard InChI is InChI=1S/C23H15ClFN3OS2/c24-16-7-3-15(4-8-16)13-30-23-27-19-18-2-1-11-26-21(18)31-20(19)22(29)28(23)12-14-5-9-17(25)10-6-14/h1-11H,12-13H2. The molecule has 0 aliphatic rings. The van der Waals surface area contributed by atoms with Gasteiger partial charge in [-0.2, -0.15) is 0 Å². The Morgan fingerprint density at radius 3 is 2.55 bits per heavy atom. The minimum Gasteiger partial charge on any atom is -0.282 e. The van der Waals surface area contributed by atoms with Crippen molar-refractivity contribution < 1.29 is 4.39 Å². The Morgan fingerprint density at radius 1 is 1.03 bits per heavy atom. The number of halogens is 2. The first-order chi connectivity index (χ1) is 15.1. The zero-order valence-corrected chi connectivity index (χ0v) is 18.5. The van der Waals surface area contributed by atoms with Gasteiger partial charge in [-0.15, -0.1) is 11.3 Å². The molecule has 0 saturated carbocycles. The van der Waals surface area contributed by atoms with Crippen molar-refractivity contribution in [2.75, 3.05) is 0 Å². The van der Waals surface area contributed by atoms with Gasteiger partial charge in [-0.1, -0.05) is 47.6 Å². The average molecular weight is 468 g/mol. The van der Waals surface area contributed by atoms with E-state index in [1.165, 1.54) is 35.2 Å². The second-order valence-electron chi connectivity index (χ2n) is 6.96. The fraction of sp³-hybridized carbons (Fsp3) is 0.0870. The van der Waals surface area contributed by atoms with Crippen molar-refractivity contribution in [2.45, 2.75) is 17.5 Å². The van der Waals surface area contributed by atoms with Crippen molar-refractivity contribution in [3.05, 3.63) is 99.2 Å². The highest BCUT2D eigenvalue weighted by Gasteiger charge is 2.17. The van der Waals surface area contributed by atoms with Gasteiger partial charge in [-0.25, -0.2) is 14.4 Å². The van der Waals surface area contributed by atoms with Gasteiger partial charge in [0.2, 0.25) is 0 Å². The number of aromatic nitrogens is 3. The maximum atomic E-state index is 13.4. The van der Waals surface area contributed by atoms with Crippen LogP contribution in [0.15, 0.2) is 76.8 Å². The lowest BCUT2D eigenvalue weighted by atomic mass is 10.2. The lowest BCUT2D eigenvalue weighted by molar-refractivity contribution is 0.623. The van der Waals surface area contributed by atoms with Crippen LogP contribution in [-0.4, -0.2) is 14.5 Å². The van der Waals surface area contributed by atoms with E-state index in [1.54, 1.807) is 22.9 Å². The molecule has 0 N–H and O–H groups in total. The van der Waals surface area contributed by atoms with Crippen LogP contribution in [0, 0.1) is 5.82 Å². The number of hydrogen-bond donors (Lipinski definition) is 0. The van der Waals surface area contributed by atoms with Gasteiger partial charge in [0.15, 0.2) is 5.16 Å². The van der Waals surface area contributed by atoms with Crippen LogP contribution >= 0.6 is 34.7 Å². The molecule has 0 fully saturated rings. The molecule has 0 unspecified atom stereocenters. The van der Waals surface area contributed by atoms with Gasteiger partial charge in [0.1, 0.15) is 15.3 Å². The maximum absolute atomic E-state index is 13.4. The first kappa shape index (κ1) is 20.2. The Bertz CT molecular complexity index is 1450. The summed E-state index contributed by atoms with van der Waals surface area (Å²) in [6, 6.07) is 17.6. The molecule has 0 atom stereocenters. The van der Waals surface area contributed by atoms with Gasteiger partial charge in [0, 0.05) is 22.4 Å². The van der Waals surface area contributed by atoms with Crippen molar-refractivity contribution in [2.24, 2.45) is 0 Å². The predicted octanol–water partition coefficient (Wildman–Crippen LogP) is 6.14. The summed E-state index contributed by atoms with van der Waals surface area (Å²) in [5.74, 6) is 0.330. The van der Waals surface area contributed by atoms with Crippen LogP contribution in [0.1, 0.15) is 11.1 Å². The predicted molar refractivity (Wildman–Crippen MR) is 126 cm³/mol. The van der Waals surface area contributed by atoms with E-state index in [0.717, 1.165) is 21.3 Å². The smallest absolute Gasteiger partial charge is 0.272 e. The van der Waals surface area contributed by atoms with Crippen LogP contribution in [0.2, 0.25) is 5.02 Å². The molecule has 0 aliphatic heterocycles. The number of rotatable bonds is 5. The fourth-order valence-corrected chi connectivity index (χ4v) is 5.40. The summed E-state index contributed by atoms with van der Waals surface area (Å²) < 4.78 is 15.6. The highest BCUT2D eigenvalue weighted by molar-refractivity contribution is 7.98. The van der Waals surface area contributed by atoms with Crippen LogP contribution in [0.25, 0.3) is 20.4 Å². The van der Waals surface area contributed by atoms with E-state index < -0.39 is 0 Å². The molecule has 2 aromatic carbocycles. The van der Waals surface area contributed by atoms with Gasteiger partial charge in [0.25, 0.3) is 5.56 Å². The highest BCUT2D eigenvalue weighted by atomic mass is 35.5. The van der Waals surface area contributed by atoms with Gasteiger partial charge >= 0.3 is 0 Å². The van der Waals surface area contributed by atoms with Crippen molar-refractivity contribution in [1.29, 1.82) is 0 Å². The van der Waals surface area contributed by atoms with Crippen molar-refractivity contribution in [3.63, 3.8) is 0 Å². The molecule has 3 heterocycles. The molecule has 154 valence electrons. The monoisotopic (exact) mass is 467 g/mol. The third-order valence-corrected chi connectivity index (χ3v) is 7.24. The van der Waals surface area contributed by atoms with Crippen molar-refractivity contribution in [1.82, 2.24) is 14.5 Å².